The molecule has 6 heteroatoms. The molecule has 0 amide bonds. The molecular weight excluding hydrogens is 274 g/mol. The quantitative estimate of drug-likeness (QED) is 0.359. The third kappa shape index (κ3) is 4.09. The molecule has 1 saturated heterocycles. The van der Waals surface area contributed by atoms with Gasteiger partial charge in [0.15, 0.2) is 24.7 Å². The summed E-state index contributed by atoms with van der Waals surface area (Å²) in [5.41, 5.74) is 0.780. The predicted molar refractivity (Wildman–Crippen MR) is 77.8 cm³/mol. The van der Waals surface area contributed by atoms with Gasteiger partial charge >= 0.3 is 0 Å². The first-order chi connectivity index (χ1) is 9.93. The zero-order chi connectivity index (χ0) is 15.5. The van der Waals surface area contributed by atoms with Crippen LogP contribution in [0.4, 0.5) is 0 Å². The highest BCUT2D eigenvalue weighted by atomic mass is 16.7. The Kier molecular flexibility index (Phi) is 4.69. The highest BCUT2D eigenvalue weighted by Crippen LogP contribution is 2.25. The van der Waals surface area contributed by atoms with Gasteiger partial charge in [-0.25, -0.2) is 4.74 Å². The highest BCUT2D eigenvalue weighted by Gasteiger charge is 2.33. The minimum atomic E-state index is -0.639. The molecule has 21 heavy (non-hydrogen) atoms. The Morgan fingerprint density at radius 3 is 2.71 bits per heavy atom. The predicted octanol–water partition coefficient (Wildman–Crippen LogP) is 1.94. The third-order valence-electron chi connectivity index (χ3n) is 3.18. The zero-order valence-electron chi connectivity index (χ0n) is 12.8. The fourth-order valence-electron chi connectivity index (χ4n) is 2.18. The van der Waals surface area contributed by atoms with Gasteiger partial charge in [0.1, 0.15) is 11.5 Å². The van der Waals surface area contributed by atoms with Gasteiger partial charge in [-0.1, -0.05) is 0 Å². The molecule has 1 atom stereocenters. The average Bonchev–Trinajstić information content (AvgIpc) is 2.78. The van der Waals surface area contributed by atoms with Crippen LogP contribution in [0.3, 0.4) is 0 Å². The van der Waals surface area contributed by atoms with Gasteiger partial charge < -0.3 is 24.2 Å². The molecule has 0 radical (unpaired) electrons. The largest absolute Gasteiger partial charge is 0.624 e. The Labute approximate surface area is 124 Å². The van der Waals surface area contributed by atoms with Crippen molar-refractivity contribution in [3.63, 3.8) is 0 Å². The van der Waals surface area contributed by atoms with Crippen LogP contribution in [0.5, 0.6) is 11.5 Å². The molecule has 1 aromatic rings. The van der Waals surface area contributed by atoms with Gasteiger partial charge in [0.05, 0.1) is 26.4 Å². The summed E-state index contributed by atoms with van der Waals surface area (Å²) in [5.74, 6) is 0.665. The topological polar surface area (TPSA) is 63.0 Å². The maximum absolute atomic E-state index is 12.0. The van der Waals surface area contributed by atoms with Crippen LogP contribution in [0.1, 0.15) is 19.4 Å². The smallest absolute Gasteiger partial charge is 0.182 e. The van der Waals surface area contributed by atoms with E-state index in [1.807, 2.05) is 19.9 Å². The number of hydroxylamine groups is 1. The summed E-state index contributed by atoms with van der Waals surface area (Å²) in [6.45, 7) is 4.20. The summed E-state index contributed by atoms with van der Waals surface area (Å²) in [6.07, 6.45) is 1.15. The van der Waals surface area contributed by atoms with Crippen molar-refractivity contribution in [2.75, 3.05) is 20.8 Å². The molecule has 0 saturated carbocycles. The molecule has 1 aliphatic heterocycles. The van der Waals surface area contributed by atoms with E-state index in [2.05, 4.69) is 0 Å². The van der Waals surface area contributed by atoms with E-state index in [1.165, 1.54) is 6.21 Å². The summed E-state index contributed by atoms with van der Waals surface area (Å²) in [4.78, 5) is 0. The lowest BCUT2D eigenvalue weighted by atomic mass is 10.2. The van der Waals surface area contributed by atoms with Crippen LogP contribution in [0, 0.1) is 5.21 Å². The standard InChI is InChI=1S/C15H21NO5/c1-15(2)20-10-13(21-15)9-16(17)8-11-5-6-12(18-3)7-14(11)19-4/h5-7,9,13H,8,10H2,1-4H3/b16-9-/t13-/m0/s1. The molecule has 0 aliphatic carbocycles. The molecule has 1 fully saturated rings. The monoisotopic (exact) mass is 295 g/mol. The van der Waals surface area contributed by atoms with Crippen LogP contribution in [0.2, 0.25) is 0 Å². The van der Waals surface area contributed by atoms with Crippen LogP contribution in [0.15, 0.2) is 18.2 Å². The van der Waals surface area contributed by atoms with Gasteiger partial charge in [-0.05, 0) is 26.0 Å². The molecule has 0 N–H and O–H groups in total. The minimum absolute atomic E-state index is 0.174. The van der Waals surface area contributed by atoms with Crippen molar-refractivity contribution >= 4 is 6.21 Å². The Morgan fingerprint density at radius 1 is 1.38 bits per heavy atom. The molecular formula is C15H21NO5. The number of hydrogen-bond donors (Lipinski definition) is 0. The van der Waals surface area contributed by atoms with E-state index >= 15 is 0 Å². The average molecular weight is 295 g/mol. The molecule has 6 nitrogen and oxygen atoms in total. The molecule has 0 aromatic heterocycles. The normalized spacial score (nSPS) is 21.3. The molecule has 1 aliphatic rings. The fourth-order valence-corrected chi connectivity index (χ4v) is 2.18. The second kappa shape index (κ2) is 6.32. The fraction of sp³-hybridized carbons (Fsp3) is 0.533. The number of rotatable bonds is 5. The van der Waals surface area contributed by atoms with Crippen LogP contribution in [-0.4, -0.2) is 43.7 Å². The van der Waals surface area contributed by atoms with E-state index in [0.29, 0.717) is 18.1 Å². The van der Waals surface area contributed by atoms with Crippen molar-refractivity contribution in [1.82, 2.24) is 0 Å². The first kappa shape index (κ1) is 15.6. The Morgan fingerprint density at radius 2 is 2.14 bits per heavy atom. The van der Waals surface area contributed by atoms with Crippen molar-refractivity contribution < 1.29 is 23.7 Å². The van der Waals surface area contributed by atoms with Gasteiger partial charge in [-0.15, -0.1) is 0 Å². The van der Waals surface area contributed by atoms with Crippen LogP contribution < -0.4 is 9.47 Å². The minimum Gasteiger partial charge on any atom is -0.624 e. The van der Waals surface area contributed by atoms with E-state index < -0.39 is 5.79 Å². The Bertz CT molecular complexity index is 527. The molecule has 0 bridgehead atoms. The third-order valence-corrected chi connectivity index (χ3v) is 3.18. The van der Waals surface area contributed by atoms with Crippen LogP contribution >= 0.6 is 0 Å². The molecule has 0 unspecified atom stereocenters. The lowest BCUT2D eigenvalue weighted by Gasteiger charge is -2.15. The lowest BCUT2D eigenvalue weighted by molar-refractivity contribution is -0.473. The van der Waals surface area contributed by atoms with Gasteiger partial charge in [-0.3, -0.25) is 0 Å². The van der Waals surface area contributed by atoms with Gasteiger partial charge in [0.25, 0.3) is 0 Å². The van der Waals surface area contributed by atoms with Gasteiger partial charge in [-0.2, -0.15) is 0 Å². The van der Waals surface area contributed by atoms with E-state index in [-0.39, 0.29) is 12.6 Å². The molecule has 116 valence electrons. The van der Waals surface area contributed by atoms with Crippen LogP contribution in [-0.2, 0) is 16.0 Å². The second-order valence-corrected chi connectivity index (χ2v) is 5.27. The van der Waals surface area contributed by atoms with Crippen molar-refractivity contribution in [2.24, 2.45) is 0 Å². The second-order valence-electron chi connectivity index (χ2n) is 5.27. The maximum atomic E-state index is 12.0. The molecule has 2 rings (SSSR count). The first-order valence-electron chi connectivity index (χ1n) is 6.75. The SMILES string of the molecule is COc1ccc(C/[N+]([O-])=C/[C@H]2COC(C)(C)O2)c(OC)c1. The first-order valence-corrected chi connectivity index (χ1v) is 6.75. The molecule has 1 heterocycles. The number of ether oxygens (including phenoxy) is 4. The number of nitrogens with zero attached hydrogens (tertiary/aromatic N) is 1. The summed E-state index contributed by atoms with van der Waals surface area (Å²) in [7, 11) is 3.15. The maximum Gasteiger partial charge on any atom is 0.182 e. The van der Waals surface area contributed by atoms with Crippen molar-refractivity contribution in [3.8, 4) is 11.5 Å². The van der Waals surface area contributed by atoms with E-state index in [4.69, 9.17) is 18.9 Å². The Hall–Kier alpha value is -1.79. The van der Waals surface area contributed by atoms with Crippen molar-refractivity contribution in [2.45, 2.75) is 32.3 Å². The number of hydrogen-bond acceptors (Lipinski definition) is 5. The summed E-state index contributed by atoms with van der Waals surface area (Å²) in [5, 5.41) is 12.0. The van der Waals surface area contributed by atoms with Gasteiger partial charge in [0, 0.05) is 6.07 Å². The highest BCUT2D eigenvalue weighted by molar-refractivity contribution is 5.58. The number of methoxy groups -OCH3 is 2. The van der Waals surface area contributed by atoms with E-state index in [0.717, 1.165) is 10.3 Å². The lowest BCUT2D eigenvalue weighted by Crippen LogP contribution is -2.24. The molecule has 1 aromatic carbocycles. The van der Waals surface area contributed by atoms with Crippen LogP contribution in [0.25, 0.3) is 0 Å². The summed E-state index contributed by atoms with van der Waals surface area (Å²) < 4.78 is 22.2. The number of benzene rings is 1. The zero-order valence-corrected chi connectivity index (χ0v) is 12.8. The van der Waals surface area contributed by atoms with E-state index in [1.54, 1.807) is 26.4 Å². The van der Waals surface area contributed by atoms with E-state index in [9.17, 15) is 5.21 Å². The van der Waals surface area contributed by atoms with Gasteiger partial charge in [0.2, 0.25) is 0 Å². The Balaban J connectivity index is 2.07. The van der Waals surface area contributed by atoms with Crippen molar-refractivity contribution in [3.05, 3.63) is 29.0 Å². The van der Waals surface area contributed by atoms with Crippen molar-refractivity contribution in [1.29, 1.82) is 0 Å². The summed E-state index contributed by atoms with van der Waals surface area (Å²) >= 11 is 0. The summed E-state index contributed by atoms with van der Waals surface area (Å²) in [6, 6.07) is 5.36. The molecule has 0 spiro atoms.